The molecule has 0 radical (unpaired) electrons. The topological polar surface area (TPSA) is 107 Å². The van der Waals surface area contributed by atoms with E-state index in [1.807, 2.05) is 0 Å². The lowest BCUT2D eigenvalue weighted by molar-refractivity contribution is -0.118. The van der Waals surface area contributed by atoms with Crippen LogP contribution in [0.4, 0.5) is 5.82 Å². The minimum absolute atomic E-state index is 0.0592. The second-order valence-electron chi connectivity index (χ2n) is 3.89. The molecule has 0 amide bonds. The minimum Gasteiger partial charge on any atom is -0.391 e. The van der Waals surface area contributed by atoms with Crippen molar-refractivity contribution in [2.75, 3.05) is 5.73 Å². The Hall–Kier alpha value is -2.02. The number of carbonyl (C=O) groups is 1. The van der Waals surface area contributed by atoms with Crippen molar-refractivity contribution >= 4 is 22.8 Å². The highest BCUT2D eigenvalue weighted by Gasteiger charge is 2.12. The van der Waals surface area contributed by atoms with Crippen LogP contribution in [0, 0.1) is 0 Å². The summed E-state index contributed by atoms with van der Waals surface area (Å²) < 4.78 is 1.65. The molecule has 0 aliphatic carbocycles. The summed E-state index contributed by atoms with van der Waals surface area (Å²) in [4.78, 5) is 22.8. The van der Waals surface area contributed by atoms with E-state index >= 15 is 0 Å². The lowest BCUT2D eigenvalue weighted by Gasteiger charge is -2.09. The monoisotopic (exact) mass is 235 g/mol. The number of aromatic nitrogens is 4. The summed E-state index contributed by atoms with van der Waals surface area (Å²) in [7, 11) is 0. The molecule has 3 N–H and O–H groups in total. The Morgan fingerprint density at radius 1 is 1.53 bits per heavy atom. The van der Waals surface area contributed by atoms with E-state index in [4.69, 9.17) is 5.73 Å². The van der Waals surface area contributed by atoms with Crippen LogP contribution in [0.15, 0.2) is 12.7 Å². The van der Waals surface area contributed by atoms with Crippen LogP contribution in [0.25, 0.3) is 11.2 Å². The number of fused-ring (bicyclic) bond motifs is 1. The molecular weight excluding hydrogens is 222 g/mol. The Labute approximate surface area is 97.3 Å². The number of aliphatic hydroxyl groups is 1. The lowest BCUT2D eigenvalue weighted by atomic mass is 10.2. The van der Waals surface area contributed by atoms with Gasteiger partial charge in [-0.05, 0) is 6.92 Å². The molecule has 0 aliphatic heterocycles. The number of Topliss-reactive ketones (excluding diaryl/α,β-unsaturated/α-hetero) is 1. The maximum Gasteiger partial charge on any atom is 0.165 e. The second-order valence-corrected chi connectivity index (χ2v) is 3.89. The Bertz CT molecular complexity index is 551. The summed E-state index contributed by atoms with van der Waals surface area (Å²) in [6, 6.07) is 0. The van der Waals surface area contributed by atoms with Gasteiger partial charge in [0.15, 0.2) is 11.5 Å². The first-order valence-electron chi connectivity index (χ1n) is 5.16. The third-order valence-corrected chi connectivity index (χ3v) is 2.36. The first kappa shape index (κ1) is 11.5. The summed E-state index contributed by atoms with van der Waals surface area (Å²) in [5, 5.41) is 9.68. The molecule has 0 bridgehead atoms. The van der Waals surface area contributed by atoms with Crippen molar-refractivity contribution in [3.63, 3.8) is 0 Å². The van der Waals surface area contributed by atoms with Gasteiger partial charge in [0.25, 0.3) is 0 Å². The van der Waals surface area contributed by atoms with Crippen LogP contribution in [-0.4, -0.2) is 36.5 Å². The van der Waals surface area contributed by atoms with Gasteiger partial charge < -0.3 is 15.4 Å². The fourth-order valence-corrected chi connectivity index (χ4v) is 1.66. The maximum atomic E-state index is 10.9. The normalized spacial score (nSPS) is 12.8. The van der Waals surface area contributed by atoms with E-state index in [2.05, 4.69) is 15.0 Å². The summed E-state index contributed by atoms with van der Waals surface area (Å²) in [6.45, 7) is 1.70. The van der Waals surface area contributed by atoms with Gasteiger partial charge in [-0.15, -0.1) is 0 Å². The van der Waals surface area contributed by atoms with Crippen LogP contribution in [0.3, 0.4) is 0 Å². The predicted molar refractivity (Wildman–Crippen MR) is 61.0 cm³/mol. The second kappa shape index (κ2) is 4.46. The van der Waals surface area contributed by atoms with E-state index in [-0.39, 0.29) is 18.7 Å². The van der Waals surface area contributed by atoms with Gasteiger partial charge in [0.1, 0.15) is 17.6 Å². The molecule has 0 saturated heterocycles. The summed E-state index contributed by atoms with van der Waals surface area (Å²) in [5.41, 5.74) is 6.70. The number of nitrogen functional groups attached to an aromatic ring is 1. The Morgan fingerprint density at radius 2 is 2.29 bits per heavy atom. The molecule has 1 atom stereocenters. The minimum atomic E-state index is -0.749. The molecule has 0 saturated carbocycles. The van der Waals surface area contributed by atoms with Crippen LogP contribution in [0.2, 0.25) is 0 Å². The zero-order valence-electron chi connectivity index (χ0n) is 9.37. The van der Waals surface area contributed by atoms with Gasteiger partial charge in [-0.3, -0.25) is 4.79 Å². The van der Waals surface area contributed by atoms with Crippen molar-refractivity contribution in [2.45, 2.75) is 26.0 Å². The highest BCUT2D eigenvalue weighted by Crippen LogP contribution is 2.14. The molecule has 7 nitrogen and oxygen atoms in total. The number of aliphatic hydroxyl groups excluding tert-OH is 1. The fraction of sp³-hybridized carbons (Fsp3) is 0.400. The number of carbonyl (C=O) groups excluding carboxylic acids is 1. The average molecular weight is 235 g/mol. The summed E-state index contributed by atoms with van der Waals surface area (Å²) >= 11 is 0. The van der Waals surface area contributed by atoms with Gasteiger partial charge in [0, 0.05) is 6.42 Å². The molecule has 17 heavy (non-hydrogen) atoms. The smallest absolute Gasteiger partial charge is 0.165 e. The first-order valence-corrected chi connectivity index (χ1v) is 5.16. The molecule has 1 unspecified atom stereocenters. The molecule has 0 aliphatic rings. The van der Waals surface area contributed by atoms with E-state index in [9.17, 15) is 9.90 Å². The van der Waals surface area contributed by atoms with E-state index in [0.717, 1.165) is 0 Å². The third kappa shape index (κ3) is 2.39. The van der Waals surface area contributed by atoms with Gasteiger partial charge in [-0.1, -0.05) is 0 Å². The SMILES string of the molecule is CC(=O)CC(O)Cn1cnc2c(N)ncnc21. The van der Waals surface area contributed by atoms with Crippen molar-refractivity contribution < 1.29 is 9.90 Å². The molecule has 0 spiro atoms. The molecular formula is C10H13N5O2. The van der Waals surface area contributed by atoms with Crippen molar-refractivity contribution in [2.24, 2.45) is 0 Å². The number of nitrogens with two attached hydrogens (primary N) is 1. The molecule has 2 rings (SSSR count). The van der Waals surface area contributed by atoms with Crippen molar-refractivity contribution in [3.8, 4) is 0 Å². The zero-order chi connectivity index (χ0) is 12.4. The largest absolute Gasteiger partial charge is 0.391 e. The van der Waals surface area contributed by atoms with Gasteiger partial charge in [-0.2, -0.15) is 0 Å². The molecule has 0 fully saturated rings. The number of ketones is 1. The number of hydrogen-bond donors (Lipinski definition) is 2. The van der Waals surface area contributed by atoms with E-state index in [0.29, 0.717) is 17.0 Å². The standard InChI is InChI=1S/C10H13N5O2/c1-6(16)2-7(17)3-15-5-14-8-9(11)12-4-13-10(8)15/h4-5,7,17H,2-3H2,1H3,(H2,11,12,13). The number of imidazole rings is 1. The van der Waals surface area contributed by atoms with Crippen molar-refractivity contribution in [3.05, 3.63) is 12.7 Å². The lowest BCUT2D eigenvalue weighted by Crippen LogP contribution is -2.18. The van der Waals surface area contributed by atoms with Gasteiger partial charge in [0.2, 0.25) is 0 Å². The van der Waals surface area contributed by atoms with E-state index < -0.39 is 6.10 Å². The van der Waals surface area contributed by atoms with Crippen molar-refractivity contribution in [1.29, 1.82) is 0 Å². The molecule has 7 heteroatoms. The fourth-order valence-electron chi connectivity index (χ4n) is 1.66. The highest BCUT2D eigenvalue weighted by atomic mass is 16.3. The molecule has 2 aromatic rings. The van der Waals surface area contributed by atoms with Gasteiger partial charge >= 0.3 is 0 Å². The van der Waals surface area contributed by atoms with Crippen LogP contribution in [-0.2, 0) is 11.3 Å². The maximum absolute atomic E-state index is 10.9. The summed E-state index contributed by atoms with van der Waals surface area (Å²) in [6.07, 6.45) is 2.23. The Morgan fingerprint density at radius 3 is 3.00 bits per heavy atom. The van der Waals surface area contributed by atoms with Crippen LogP contribution in [0.5, 0.6) is 0 Å². The molecule has 90 valence electrons. The zero-order valence-corrected chi connectivity index (χ0v) is 9.37. The van der Waals surface area contributed by atoms with Crippen LogP contribution >= 0.6 is 0 Å². The third-order valence-electron chi connectivity index (χ3n) is 2.36. The summed E-state index contributed by atoms with van der Waals surface area (Å²) in [5.74, 6) is 0.242. The number of rotatable bonds is 4. The quantitative estimate of drug-likeness (QED) is 0.756. The van der Waals surface area contributed by atoms with Gasteiger partial charge in [-0.25, -0.2) is 15.0 Å². The Balaban J connectivity index is 2.25. The number of hydrogen-bond acceptors (Lipinski definition) is 6. The van der Waals surface area contributed by atoms with Crippen LogP contribution < -0.4 is 5.73 Å². The van der Waals surface area contributed by atoms with Crippen molar-refractivity contribution in [1.82, 2.24) is 19.5 Å². The van der Waals surface area contributed by atoms with Gasteiger partial charge in [0.05, 0.1) is 19.0 Å². The first-order chi connectivity index (χ1) is 8.08. The number of anilines is 1. The Kier molecular flexibility index (Phi) is 3.01. The molecule has 2 aromatic heterocycles. The molecule has 0 aromatic carbocycles. The van der Waals surface area contributed by atoms with E-state index in [1.165, 1.54) is 19.6 Å². The molecule has 2 heterocycles. The predicted octanol–water partition coefficient (Wildman–Crippen LogP) is -0.252. The number of nitrogens with zero attached hydrogens (tertiary/aromatic N) is 4. The van der Waals surface area contributed by atoms with E-state index in [1.54, 1.807) is 4.57 Å². The highest BCUT2D eigenvalue weighted by molar-refractivity contribution is 5.81. The average Bonchev–Trinajstić information content (AvgIpc) is 2.62. The van der Waals surface area contributed by atoms with Crippen LogP contribution in [0.1, 0.15) is 13.3 Å².